The van der Waals surface area contributed by atoms with Gasteiger partial charge in [0, 0.05) is 11.6 Å². The maximum atomic E-state index is 12.7. The second-order valence-electron chi connectivity index (χ2n) is 4.58. The van der Waals surface area contributed by atoms with Gasteiger partial charge in [0.05, 0.1) is 17.4 Å². The van der Waals surface area contributed by atoms with E-state index in [1.165, 1.54) is 24.3 Å². The van der Waals surface area contributed by atoms with Gasteiger partial charge >= 0.3 is 12.1 Å². The van der Waals surface area contributed by atoms with Crippen LogP contribution in [0.5, 0.6) is 5.75 Å². The third kappa shape index (κ3) is 3.68. The molecule has 0 unspecified atom stereocenters. The van der Waals surface area contributed by atoms with Crippen LogP contribution in [-0.4, -0.2) is 27.5 Å². The van der Waals surface area contributed by atoms with Crippen molar-refractivity contribution in [1.29, 1.82) is 0 Å². The minimum absolute atomic E-state index is 0.149. The molecule has 6 nitrogen and oxygen atoms in total. The Kier molecular flexibility index (Phi) is 4.39. The maximum absolute atomic E-state index is 12.7. The molecule has 0 bridgehead atoms. The van der Waals surface area contributed by atoms with E-state index in [0.717, 1.165) is 11.6 Å². The van der Waals surface area contributed by atoms with Crippen LogP contribution in [0.25, 0.3) is 5.69 Å². The highest BCUT2D eigenvalue weighted by molar-refractivity contribution is 5.68. The normalized spacial score (nSPS) is 11.3. The second-order valence-corrected chi connectivity index (χ2v) is 4.58. The van der Waals surface area contributed by atoms with E-state index >= 15 is 0 Å². The first kappa shape index (κ1) is 16.5. The van der Waals surface area contributed by atoms with Gasteiger partial charge in [-0.2, -0.15) is 23.0 Å². The maximum Gasteiger partial charge on any atom is 0.418 e. The molecule has 0 atom stereocenters. The van der Waals surface area contributed by atoms with Crippen molar-refractivity contribution >= 4 is 5.97 Å². The summed E-state index contributed by atoms with van der Waals surface area (Å²) in [6, 6.07) is 5.67. The van der Waals surface area contributed by atoms with Crippen LogP contribution in [0.4, 0.5) is 13.2 Å². The van der Waals surface area contributed by atoms with Crippen LogP contribution in [0.15, 0.2) is 35.3 Å². The smallest absolute Gasteiger partial charge is 0.418 e. The molecule has 122 valence electrons. The lowest BCUT2D eigenvalue weighted by atomic mass is 10.2. The molecule has 1 N–H and O–H groups in total. The Labute approximate surface area is 127 Å². The molecule has 2 rings (SSSR count). The molecule has 0 saturated carbocycles. The number of rotatable bonds is 4. The Morgan fingerprint density at radius 1 is 1.39 bits per heavy atom. The quantitative estimate of drug-likeness (QED) is 0.929. The monoisotopic (exact) mass is 328 g/mol. The van der Waals surface area contributed by atoms with Crippen molar-refractivity contribution in [3.63, 3.8) is 0 Å². The highest BCUT2D eigenvalue weighted by atomic mass is 19.4. The Morgan fingerprint density at radius 2 is 2.09 bits per heavy atom. The Morgan fingerprint density at radius 3 is 2.70 bits per heavy atom. The van der Waals surface area contributed by atoms with Gasteiger partial charge in [0.1, 0.15) is 5.75 Å². The van der Waals surface area contributed by atoms with Crippen LogP contribution in [0.1, 0.15) is 11.1 Å². The zero-order chi connectivity index (χ0) is 17.2. The van der Waals surface area contributed by atoms with E-state index < -0.39 is 35.4 Å². The van der Waals surface area contributed by atoms with Crippen molar-refractivity contribution in [2.75, 3.05) is 6.61 Å². The molecule has 0 aliphatic rings. The summed E-state index contributed by atoms with van der Waals surface area (Å²) in [7, 11) is 0. The largest absolute Gasteiger partial charge is 0.482 e. The number of hydrogen-bond acceptors (Lipinski definition) is 4. The van der Waals surface area contributed by atoms with E-state index in [0.29, 0.717) is 6.20 Å². The van der Waals surface area contributed by atoms with Crippen LogP contribution in [-0.2, 0) is 11.0 Å². The van der Waals surface area contributed by atoms with Crippen molar-refractivity contribution in [2.24, 2.45) is 0 Å². The first-order chi connectivity index (χ1) is 10.7. The molecule has 0 aliphatic carbocycles. The number of carbonyl (C=O) groups is 1. The molecule has 0 fully saturated rings. The van der Waals surface area contributed by atoms with E-state index in [2.05, 4.69) is 5.10 Å². The Balaban J connectivity index is 2.43. The van der Waals surface area contributed by atoms with Gasteiger partial charge in [0.2, 0.25) is 0 Å². The van der Waals surface area contributed by atoms with E-state index in [4.69, 9.17) is 9.84 Å². The summed E-state index contributed by atoms with van der Waals surface area (Å²) in [6.45, 7) is 0.478. The molecule has 0 radical (unpaired) electrons. The van der Waals surface area contributed by atoms with Crippen molar-refractivity contribution in [3.05, 3.63) is 51.9 Å². The number of benzene rings is 1. The number of carboxylic acid groups (broad SMARTS) is 1. The van der Waals surface area contributed by atoms with Crippen molar-refractivity contribution in [2.45, 2.75) is 13.1 Å². The lowest BCUT2D eigenvalue weighted by molar-refractivity contribution is -0.139. The molecule has 1 aromatic carbocycles. The summed E-state index contributed by atoms with van der Waals surface area (Å²) in [5.41, 5.74) is -2.34. The van der Waals surface area contributed by atoms with Crippen LogP contribution < -0.4 is 10.3 Å². The predicted octanol–water partition coefficient (Wildman–Crippen LogP) is 2.02. The van der Waals surface area contributed by atoms with Crippen molar-refractivity contribution in [1.82, 2.24) is 9.78 Å². The van der Waals surface area contributed by atoms with Gasteiger partial charge in [-0.1, -0.05) is 6.07 Å². The van der Waals surface area contributed by atoms with Gasteiger partial charge in [0.15, 0.2) is 6.61 Å². The van der Waals surface area contributed by atoms with Crippen molar-refractivity contribution < 1.29 is 27.8 Å². The number of alkyl halides is 3. The summed E-state index contributed by atoms with van der Waals surface area (Å²) in [4.78, 5) is 22.5. The van der Waals surface area contributed by atoms with Gasteiger partial charge in [-0.3, -0.25) is 4.79 Å². The molecule has 0 aliphatic heterocycles. The minimum atomic E-state index is -4.66. The second kappa shape index (κ2) is 6.11. The molecular formula is C14H11F3N2O4. The van der Waals surface area contributed by atoms with E-state index in [9.17, 15) is 22.8 Å². The number of nitrogens with zero attached hydrogens (tertiary/aromatic N) is 2. The summed E-state index contributed by atoms with van der Waals surface area (Å²) >= 11 is 0. The van der Waals surface area contributed by atoms with Crippen LogP contribution in [0.3, 0.4) is 0 Å². The molecule has 1 heterocycles. The SMILES string of the molecule is Cc1c(C(F)(F)F)cnn(-c2cccc(OCC(=O)O)c2)c1=O. The van der Waals surface area contributed by atoms with Gasteiger partial charge in [-0.25, -0.2) is 4.79 Å². The fourth-order valence-corrected chi connectivity index (χ4v) is 1.86. The third-order valence-electron chi connectivity index (χ3n) is 2.95. The summed E-state index contributed by atoms with van der Waals surface area (Å²) < 4.78 is 44.0. The average Bonchev–Trinajstić information content (AvgIpc) is 2.47. The molecule has 0 amide bonds. The molecule has 23 heavy (non-hydrogen) atoms. The highest BCUT2D eigenvalue weighted by Crippen LogP contribution is 2.29. The highest BCUT2D eigenvalue weighted by Gasteiger charge is 2.34. The number of aliphatic carboxylic acids is 1. The van der Waals surface area contributed by atoms with Crippen LogP contribution >= 0.6 is 0 Å². The standard InChI is InChI=1S/C14H11F3N2O4/c1-8-11(14(15,16)17)6-18-19(13(8)22)9-3-2-4-10(5-9)23-7-12(20)21/h2-6H,7H2,1H3,(H,20,21). The third-order valence-corrected chi connectivity index (χ3v) is 2.95. The molecular weight excluding hydrogens is 317 g/mol. The number of carboxylic acids is 1. The van der Waals surface area contributed by atoms with Gasteiger partial charge in [-0.15, -0.1) is 0 Å². The first-order valence-electron chi connectivity index (χ1n) is 6.31. The lowest BCUT2D eigenvalue weighted by Gasteiger charge is -2.12. The van der Waals surface area contributed by atoms with E-state index in [1.54, 1.807) is 0 Å². The summed E-state index contributed by atoms with van der Waals surface area (Å²) in [5.74, 6) is -1.03. The predicted molar refractivity (Wildman–Crippen MR) is 72.7 cm³/mol. The molecule has 2 aromatic rings. The van der Waals surface area contributed by atoms with Gasteiger partial charge in [0.25, 0.3) is 5.56 Å². The molecule has 0 saturated heterocycles. The zero-order valence-corrected chi connectivity index (χ0v) is 11.8. The lowest BCUT2D eigenvalue weighted by Crippen LogP contribution is -2.27. The van der Waals surface area contributed by atoms with Gasteiger partial charge < -0.3 is 9.84 Å². The number of halogens is 3. The van der Waals surface area contributed by atoms with Crippen LogP contribution in [0, 0.1) is 6.92 Å². The van der Waals surface area contributed by atoms with E-state index in [-0.39, 0.29) is 11.4 Å². The Hall–Kier alpha value is -2.84. The molecule has 9 heteroatoms. The number of hydrogen-bond donors (Lipinski definition) is 1. The van der Waals surface area contributed by atoms with Crippen LogP contribution in [0.2, 0.25) is 0 Å². The first-order valence-corrected chi connectivity index (χ1v) is 6.31. The minimum Gasteiger partial charge on any atom is -0.482 e. The van der Waals surface area contributed by atoms with E-state index in [1.807, 2.05) is 0 Å². The van der Waals surface area contributed by atoms with Crippen molar-refractivity contribution in [3.8, 4) is 11.4 Å². The fourth-order valence-electron chi connectivity index (χ4n) is 1.86. The summed E-state index contributed by atoms with van der Waals surface area (Å²) in [5, 5.41) is 12.1. The Bertz CT molecular complexity index is 799. The number of ether oxygens (including phenoxy) is 1. The van der Waals surface area contributed by atoms with Gasteiger partial charge in [-0.05, 0) is 19.1 Å². The molecule has 1 aromatic heterocycles. The summed E-state index contributed by atoms with van der Waals surface area (Å²) in [6.07, 6.45) is -4.09. The molecule has 0 spiro atoms. The fraction of sp³-hybridized carbons (Fsp3) is 0.214. The average molecular weight is 328 g/mol. The number of aromatic nitrogens is 2. The topological polar surface area (TPSA) is 81.4 Å². The zero-order valence-electron chi connectivity index (χ0n) is 11.8.